The van der Waals surface area contributed by atoms with Gasteiger partial charge in [-0.3, -0.25) is 14.6 Å². The van der Waals surface area contributed by atoms with E-state index in [1.807, 2.05) is 31.2 Å². The van der Waals surface area contributed by atoms with Crippen molar-refractivity contribution in [2.75, 3.05) is 5.32 Å². The summed E-state index contributed by atoms with van der Waals surface area (Å²) in [5, 5.41) is 11.9. The van der Waals surface area contributed by atoms with E-state index in [0.29, 0.717) is 0 Å². The first-order valence-corrected chi connectivity index (χ1v) is 6.87. The van der Waals surface area contributed by atoms with Crippen molar-refractivity contribution in [1.29, 1.82) is 0 Å². The number of nitrogens with zero attached hydrogens (tertiary/aromatic N) is 2. The lowest BCUT2D eigenvalue weighted by atomic mass is 10.1. The van der Waals surface area contributed by atoms with E-state index < -0.39 is 17.4 Å². The van der Waals surface area contributed by atoms with Crippen LogP contribution in [0, 0.1) is 6.92 Å². The molecule has 0 saturated heterocycles. The summed E-state index contributed by atoms with van der Waals surface area (Å²) in [6.45, 7) is 3.34. The molecule has 0 saturated carbocycles. The maximum atomic E-state index is 11.6. The Hall–Kier alpha value is -3.16. The Balaban J connectivity index is 2.29. The fourth-order valence-electron chi connectivity index (χ4n) is 1.86. The third kappa shape index (κ3) is 4.16. The molecule has 0 aliphatic carbocycles. The molecule has 1 heterocycles. The Kier molecular flexibility index (Phi) is 4.75. The minimum Gasteiger partial charge on any atom is -0.481 e. The largest absolute Gasteiger partial charge is 0.481 e. The molecule has 23 heavy (non-hydrogen) atoms. The zero-order valence-corrected chi connectivity index (χ0v) is 12.7. The zero-order chi connectivity index (χ0) is 17.0. The first-order valence-electron chi connectivity index (χ1n) is 6.87. The van der Waals surface area contributed by atoms with Gasteiger partial charge in [-0.25, -0.2) is 4.98 Å². The molecular formula is C15H17N5O3. The van der Waals surface area contributed by atoms with Gasteiger partial charge in [-0.15, -0.1) is 0 Å². The Morgan fingerprint density at radius 1 is 1.43 bits per heavy atom. The molecule has 0 fully saturated rings. The van der Waals surface area contributed by atoms with E-state index >= 15 is 0 Å². The Morgan fingerprint density at radius 3 is 2.78 bits per heavy atom. The molecule has 0 radical (unpaired) electrons. The molecule has 0 aliphatic heterocycles. The number of benzene rings is 1. The number of aliphatic carboxylic acids is 1. The number of aromatic nitrogens is 2. The second-order valence-corrected chi connectivity index (χ2v) is 4.99. The van der Waals surface area contributed by atoms with Crippen LogP contribution in [0.5, 0.6) is 0 Å². The number of nitrogens with two attached hydrogens (primary N) is 1. The topological polar surface area (TPSA) is 133 Å². The number of H-pyrrole nitrogens is 1. The number of nitrogens with one attached hydrogen (secondary N) is 2. The first kappa shape index (κ1) is 16.2. The molecule has 1 atom stereocenters. The highest BCUT2D eigenvalue weighted by Crippen LogP contribution is 2.15. The van der Waals surface area contributed by atoms with Crippen LogP contribution in [0.15, 0.2) is 40.1 Å². The van der Waals surface area contributed by atoms with Crippen molar-refractivity contribution in [2.45, 2.75) is 19.8 Å². The van der Waals surface area contributed by atoms with Gasteiger partial charge in [0, 0.05) is 11.8 Å². The van der Waals surface area contributed by atoms with Crippen molar-refractivity contribution in [2.24, 2.45) is 10.7 Å². The minimum absolute atomic E-state index is 0.0302. The van der Waals surface area contributed by atoms with Crippen molar-refractivity contribution in [3.8, 4) is 0 Å². The van der Waals surface area contributed by atoms with Gasteiger partial charge in [0.1, 0.15) is 0 Å². The van der Waals surface area contributed by atoms with Crippen LogP contribution in [0.4, 0.5) is 11.6 Å². The number of carboxylic acids is 1. The molecule has 1 aromatic carbocycles. The summed E-state index contributed by atoms with van der Waals surface area (Å²) in [6.07, 6.45) is 0. The average molecular weight is 315 g/mol. The van der Waals surface area contributed by atoms with Gasteiger partial charge < -0.3 is 16.2 Å². The molecule has 120 valence electrons. The maximum Gasteiger partial charge on any atom is 0.312 e. The number of aryl methyl sites for hydroxylation is 1. The van der Waals surface area contributed by atoms with Crippen LogP contribution in [0.3, 0.4) is 0 Å². The van der Waals surface area contributed by atoms with E-state index in [1.165, 1.54) is 6.92 Å². The van der Waals surface area contributed by atoms with E-state index in [1.54, 1.807) is 0 Å². The zero-order valence-electron chi connectivity index (χ0n) is 12.7. The number of anilines is 1. The predicted octanol–water partition coefficient (Wildman–Crippen LogP) is 1.32. The molecule has 2 rings (SSSR count). The first-order chi connectivity index (χ1) is 10.9. The van der Waals surface area contributed by atoms with Gasteiger partial charge in [-0.1, -0.05) is 18.2 Å². The molecule has 1 unspecified atom stereocenters. The number of rotatable bonds is 4. The molecule has 1 aromatic heterocycles. The highest BCUT2D eigenvalue weighted by atomic mass is 16.4. The van der Waals surface area contributed by atoms with Crippen molar-refractivity contribution in [3.63, 3.8) is 0 Å². The van der Waals surface area contributed by atoms with Crippen molar-refractivity contribution < 1.29 is 9.90 Å². The van der Waals surface area contributed by atoms with Crippen LogP contribution in [0.1, 0.15) is 24.1 Å². The minimum atomic E-state index is -1.08. The summed E-state index contributed by atoms with van der Waals surface area (Å²) in [5.41, 5.74) is 7.17. The number of carbonyl (C=O) groups is 1. The van der Waals surface area contributed by atoms with Crippen LogP contribution in [-0.4, -0.2) is 27.0 Å². The lowest BCUT2D eigenvalue weighted by molar-refractivity contribution is -0.138. The monoisotopic (exact) mass is 315 g/mol. The van der Waals surface area contributed by atoms with Crippen molar-refractivity contribution in [1.82, 2.24) is 9.97 Å². The Morgan fingerprint density at radius 2 is 2.13 bits per heavy atom. The SMILES string of the molecule is Cc1ccccc1N/C(N)=N/c1nc(C(C)C(=O)O)cc(=O)[nH]1. The molecule has 8 heteroatoms. The van der Waals surface area contributed by atoms with Crippen LogP contribution < -0.4 is 16.6 Å². The number of aromatic amines is 1. The maximum absolute atomic E-state index is 11.6. The van der Waals surface area contributed by atoms with E-state index in [9.17, 15) is 9.59 Å². The third-order valence-electron chi connectivity index (χ3n) is 3.20. The van der Waals surface area contributed by atoms with Crippen LogP contribution in [0.2, 0.25) is 0 Å². The van der Waals surface area contributed by atoms with Gasteiger partial charge >= 0.3 is 5.97 Å². The van der Waals surface area contributed by atoms with Crippen molar-refractivity contribution in [3.05, 3.63) is 51.9 Å². The Labute approximate surface area is 132 Å². The summed E-state index contributed by atoms with van der Waals surface area (Å²) >= 11 is 0. The van der Waals surface area contributed by atoms with Gasteiger partial charge in [-0.05, 0) is 25.5 Å². The number of guanidine groups is 1. The number of carboxylic acid groups (broad SMARTS) is 1. The second-order valence-electron chi connectivity index (χ2n) is 4.99. The van der Waals surface area contributed by atoms with Crippen LogP contribution in [0.25, 0.3) is 0 Å². The van der Waals surface area contributed by atoms with Crippen molar-refractivity contribution >= 4 is 23.6 Å². The molecular weight excluding hydrogens is 298 g/mol. The number of hydrogen-bond donors (Lipinski definition) is 4. The predicted molar refractivity (Wildman–Crippen MR) is 87.0 cm³/mol. The molecule has 5 N–H and O–H groups in total. The van der Waals surface area contributed by atoms with E-state index in [-0.39, 0.29) is 17.6 Å². The highest BCUT2D eigenvalue weighted by molar-refractivity contribution is 5.94. The van der Waals surface area contributed by atoms with Gasteiger partial charge in [0.25, 0.3) is 5.56 Å². The second kappa shape index (κ2) is 6.73. The highest BCUT2D eigenvalue weighted by Gasteiger charge is 2.16. The molecule has 2 aromatic rings. The number of para-hydroxylation sites is 1. The lowest BCUT2D eigenvalue weighted by Crippen LogP contribution is -2.23. The smallest absolute Gasteiger partial charge is 0.312 e. The average Bonchev–Trinajstić information content (AvgIpc) is 2.48. The standard InChI is InChI=1S/C15H17N5O3/c1-8-5-3-4-6-10(8)17-14(16)20-15-18-11(7-12(21)19-15)9(2)13(22)23/h3-7,9H,1-2H3,(H,22,23)(H4,16,17,18,19,20,21). The normalized spacial score (nSPS) is 12.7. The van der Waals surface area contributed by atoms with Gasteiger partial charge in [-0.2, -0.15) is 4.99 Å². The van der Waals surface area contributed by atoms with Gasteiger partial charge in [0.2, 0.25) is 11.9 Å². The fraction of sp³-hybridized carbons (Fsp3) is 0.200. The summed E-state index contributed by atoms with van der Waals surface area (Å²) in [4.78, 5) is 33.0. The lowest BCUT2D eigenvalue weighted by Gasteiger charge is -2.09. The van der Waals surface area contributed by atoms with Gasteiger partial charge in [0.05, 0.1) is 11.6 Å². The molecule has 0 amide bonds. The number of hydrogen-bond acceptors (Lipinski definition) is 4. The van der Waals surface area contributed by atoms with Crippen LogP contribution >= 0.6 is 0 Å². The summed E-state index contributed by atoms with van der Waals surface area (Å²) in [5.74, 6) is -2.03. The van der Waals surface area contributed by atoms with Gasteiger partial charge in [0.15, 0.2) is 0 Å². The molecule has 8 nitrogen and oxygen atoms in total. The van der Waals surface area contributed by atoms with Crippen LogP contribution in [-0.2, 0) is 4.79 Å². The summed E-state index contributed by atoms with van der Waals surface area (Å²) < 4.78 is 0. The Bertz CT molecular complexity index is 813. The molecule has 0 bridgehead atoms. The quantitative estimate of drug-likeness (QED) is 0.497. The van der Waals surface area contributed by atoms with E-state index in [0.717, 1.165) is 17.3 Å². The summed E-state index contributed by atoms with van der Waals surface area (Å²) in [7, 11) is 0. The number of aliphatic imine (C=N–C) groups is 1. The van der Waals surface area contributed by atoms with E-state index in [4.69, 9.17) is 10.8 Å². The van der Waals surface area contributed by atoms with E-state index in [2.05, 4.69) is 20.3 Å². The summed E-state index contributed by atoms with van der Waals surface area (Å²) in [6, 6.07) is 8.60. The molecule has 0 aliphatic rings. The third-order valence-corrected chi connectivity index (χ3v) is 3.20. The molecule has 0 spiro atoms. The fourth-order valence-corrected chi connectivity index (χ4v) is 1.86.